The van der Waals surface area contributed by atoms with Gasteiger partial charge in [-0.15, -0.1) is 11.3 Å². The first-order valence-electron chi connectivity index (χ1n) is 6.39. The lowest BCUT2D eigenvalue weighted by Gasteiger charge is -2.08. The number of benzene rings is 2. The summed E-state index contributed by atoms with van der Waals surface area (Å²) in [6.07, 6.45) is 1.81. The Hall–Kier alpha value is -1.55. The van der Waals surface area contributed by atoms with Crippen molar-refractivity contribution in [2.75, 3.05) is 5.32 Å². The highest BCUT2D eigenvalue weighted by atomic mass is 35.5. The van der Waals surface area contributed by atoms with Gasteiger partial charge in [0.25, 0.3) is 0 Å². The lowest BCUT2D eigenvalue weighted by molar-refractivity contribution is 1.15. The van der Waals surface area contributed by atoms with E-state index in [9.17, 15) is 0 Å². The van der Waals surface area contributed by atoms with Crippen LogP contribution < -0.4 is 5.32 Å². The molecule has 0 fully saturated rings. The van der Waals surface area contributed by atoms with E-state index in [2.05, 4.69) is 22.4 Å². The minimum atomic E-state index is 0.649. The van der Waals surface area contributed by atoms with Gasteiger partial charge in [-0.25, -0.2) is 4.98 Å². The fourth-order valence-corrected chi connectivity index (χ4v) is 3.25. The molecule has 2 aromatic carbocycles. The highest BCUT2D eigenvalue weighted by Crippen LogP contribution is 2.25. The molecule has 0 amide bonds. The molecule has 0 bridgehead atoms. The monoisotopic (exact) mass is 334 g/mol. The summed E-state index contributed by atoms with van der Waals surface area (Å²) in [7, 11) is 0. The summed E-state index contributed by atoms with van der Waals surface area (Å²) < 4.78 is 0. The average Bonchev–Trinajstić information content (AvgIpc) is 2.99. The van der Waals surface area contributed by atoms with Crippen molar-refractivity contribution in [3.05, 3.63) is 69.7 Å². The Labute approximate surface area is 137 Å². The Morgan fingerprint density at radius 2 is 1.86 bits per heavy atom. The maximum Gasteiger partial charge on any atom is 0.123 e. The van der Waals surface area contributed by atoms with E-state index >= 15 is 0 Å². The van der Waals surface area contributed by atoms with Crippen molar-refractivity contribution < 1.29 is 0 Å². The molecule has 106 valence electrons. The van der Waals surface area contributed by atoms with Crippen molar-refractivity contribution in [3.8, 4) is 10.6 Å². The molecule has 0 aliphatic carbocycles. The second kappa shape index (κ2) is 6.48. The number of nitrogens with zero attached hydrogens (tertiary/aromatic N) is 1. The second-order valence-electron chi connectivity index (χ2n) is 4.55. The van der Waals surface area contributed by atoms with Gasteiger partial charge in [0, 0.05) is 39.4 Å². The van der Waals surface area contributed by atoms with E-state index < -0.39 is 0 Å². The smallest absolute Gasteiger partial charge is 0.123 e. The number of hydrogen-bond donors (Lipinski definition) is 1. The molecular weight excluding hydrogens is 323 g/mol. The molecule has 3 rings (SSSR count). The number of thiazole rings is 1. The molecule has 1 heterocycles. The zero-order valence-electron chi connectivity index (χ0n) is 11.0. The quantitative estimate of drug-likeness (QED) is 0.659. The number of halogens is 2. The predicted octanol–water partition coefficient (Wildman–Crippen LogP) is 5.73. The molecule has 0 atom stereocenters. The number of aromatic nitrogens is 1. The molecule has 0 spiro atoms. The zero-order valence-corrected chi connectivity index (χ0v) is 13.3. The van der Waals surface area contributed by atoms with Crippen molar-refractivity contribution in [1.82, 2.24) is 4.98 Å². The van der Waals surface area contributed by atoms with E-state index in [4.69, 9.17) is 23.2 Å². The van der Waals surface area contributed by atoms with Crippen LogP contribution in [0.4, 0.5) is 5.69 Å². The van der Waals surface area contributed by atoms with E-state index in [1.807, 2.05) is 35.8 Å². The molecule has 1 aromatic heterocycles. The van der Waals surface area contributed by atoms with Crippen LogP contribution in [0, 0.1) is 0 Å². The van der Waals surface area contributed by atoms with Crippen molar-refractivity contribution >= 4 is 40.2 Å². The molecular formula is C16H12Cl2N2S. The summed E-state index contributed by atoms with van der Waals surface area (Å²) in [5.41, 5.74) is 3.20. The van der Waals surface area contributed by atoms with Gasteiger partial charge in [-0.05, 0) is 35.9 Å². The molecule has 2 nitrogen and oxygen atoms in total. The van der Waals surface area contributed by atoms with Crippen molar-refractivity contribution in [1.29, 1.82) is 0 Å². The maximum absolute atomic E-state index is 6.01. The first-order valence-corrected chi connectivity index (χ1v) is 8.03. The third kappa shape index (κ3) is 3.76. The van der Waals surface area contributed by atoms with Crippen LogP contribution in [0.15, 0.2) is 54.0 Å². The van der Waals surface area contributed by atoms with Crippen molar-refractivity contribution in [2.45, 2.75) is 6.54 Å². The van der Waals surface area contributed by atoms with Gasteiger partial charge >= 0.3 is 0 Å². The van der Waals surface area contributed by atoms with Gasteiger partial charge in [-0.2, -0.15) is 0 Å². The third-order valence-corrected chi connectivity index (χ3v) is 4.22. The summed E-state index contributed by atoms with van der Waals surface area (Å²) in [5.74, 6) is 0. The highest BCUT2D eigenvalue weighted by molar-refractivity contribution is 7.13. The van der Waals surface area contributed by atoms with Gasteiger partial charge in [-0.1, -0.05) is 35.3 Å². The average molecular weight is 335 g/mol. The summed E-state index contributed by atoms with van der Waals surface area (Å²) in [5, 5.41) is 7.67. The Morgan fingerprint density at radius 1 is 1.05 bits per heavy atom. The van der Waals surface area contributed by atoms with Gasteiger partial charge in [0.2, 0.25) is 0 Å². The SMILES string of the molecule is Clc1cc(Cl)cc(CNc2cccc(-c3nccs3)c2)c1. The molecule has 0 saturated carbocycles. The Bertz CT molecular complexity index is 722. The lowest BCUT2D eigenvalue weighted by atomic mass is 10.2. The lowest BCUT2D eigenvalue weighted by Crippen LogP contribution is -1.99. The topological polar surface area (TPSA) is 24.9 Å². The highest BCUT2D eigenvalue weighted by Gasteiger charge is 2.02. The number of rotatable bonds is 4. The predicted molar refractivity (Wildman–Crippen MR) is 91.3 cm³/mol. The molecule has 5 heteroatoms. The van der Waals surface area contributed by atoms with Crippen molar-refractivity contribution in [2.24, 2.45) is 0 Å². The molecule has 0 aliphatic rings. The van der Waals surface area contributed by atoms with Gasteiger partial charge in [0.15, 0.2) is 0 Å². The molecule has 0 saturated heterocycles. The fourth-order valence-electron chi connectivity index (χ4n) is 2.05. The first kappa shape index (κ1) is 14.4. The van der Waals surface area contributed by atoms with Crippen LogP contribution >= 0.6 is 34.5 Å². The maximum atomic E-state index is 6.01. The summed E-state index contributed by atoms with van der Waals surface area (Å²) in [4.78, 5) is 4.32. The fraction of sp³-hybridized carbons (Fsp3) is 0.0625. The van der Waals surface area contributed by atoms with Crippen LogP contribution in [0.1, 0.15) is 5.56 Å². The van der Waals surface area contributed by atoms with Crippen LogP contribution in [0.3, 0.4) is 0 Å². The van der Waals surface area contributed by atoms with Crippen LogP contribution in [0.25, 0.3) is 10.6 Å². The number of hydrogen-bond acceptors (Lipinski definition) is 3. The first-order chi connectivity index (χ1) is 10.2. The van der Waals surface area contributed by atoms with E-state index in [-0.39, 0.29) is 0 Å². The van der Waals surface area contributed by atoms with Gasteiger partial charge < -0.3 is 5.32 Å². The van der Waals surface area contributed by atoms with E-state index in [1.54, 1.807) is 17.4 Å². The van der Waals surface area contributed by atoms with Crippen LogP contribution in [0.5, 0.6) is 0 Å². The molecule has 0 unspecified atom stereocenters. The molecule has 1 N–H and O–H groups in total. The molecule has 21 heavy (non-hydrogen) atoms. The molecule has 3 aromatic rings. The Kier molecular flexibility index (Phi) is 4.44. The van der Waals surface area contributed by atoms with E-state index in [0.717, 1.165) is 21.8 Å². The number of anilines is 1. The van der Waals surface area contributed by atoms with Gasteiger partial charge in [0.05, 0.1) is 0 Å². The number of nitrogens with one attached hydrogen (secondary N) is 1. The minimum absolute atomic E-state index is 0.649. The van der Waals surface area contributed by atoms with Gasteiger partial charge in [-0.3, -0.25) is 0 Å². The summed E-state index contributed by atoms with van der Waals surface area (Å²) in [6.45, 7) is 0.668. The Morgan fingerprint density at radius 3 is 2.57 bits per heavy atom. The summed E-state index contributed by atoms with van der Waals surface area (Å²) >= 11 is 13.6. The van der Waals surface area contributed by atoms with Crippen LogP contribution in [-0.2, 0) is 6.54 Å². The second-order valence-corrected chi connectivity index (χ2v) is 6.32. The normalized spacial score (nSPS) is 10.6. The minimum Gasteiger partial charge on any atom is -0.381 e. The Balaban J connectivity index is 1.75. The zero-order chi connectivity index (χ0) is 14.7. The van der Waals surface area contributed by atoms with Crippen molar-refractivity contribution in [3.63, 3.8) is 0 Å². The molecule has 0 aliphatic heterocycles. The third-order valence-electron chi connectivity index (χ3n) is 2.96. The largest absolute Gasteiger partial charge is 0.381 e. The van der Waals surface area contributed by atoms with E-state index in [1.165, 1.54) is 0 Å². The molecule has 0 radical (unpaired) electrons. The standard InChI is InChI=1S/C16H12Cl2N2S/c17-13-6-11(7-14(18)9-13)10-20-15-3-1-2-12(8-15)16-19-4-5-21-16/h1-9,20H,10H2. The van der Waals surface area contributed by atoms with Crippen LogP contribution in [-0.4, -0.2) is 4.98 Å². The van der Waals surface area contributed by atoms with E-state index in [0.29, 0.717) is 16.6 Å². The van der Waals surface area contributed by atoms with Crippen LogP contribution in [0.2, 0.25) is 10.0 Å². The van der Waals surface area contributed by atoms with Gasteiger partial charge in [0.1, 0.15) is 5.01 Å². The summed E-state index contributed by atoms with van der Waals surface area (Å²) in [6, 6.07) is 13.7.